The van der Waals surface area contributed by atoms with Crippen LogP contribution in [0.25, 0.3) is 10.9 Å². The van der Waals surface area contributed by atoms with Crippen molar-refractivity contribution in [2.45, 2.75) is 26.8 Å². The second-order valence-corrected chi connectivity index (χ2v) is 4.77. The first-order chi connectivity index (χ1) is 9.76. The Morgan fingerprint density at radius 3 is 2.90 bits per heavy atom. The Labute approximate surface area is 117 Å². The Morgan fingerprint density at radius 2 is 2.10 bits per heavy atom. The number of para-hydroxylation sites is 1. The fourth-order valence-corrected chi connectivity index (χ4v) is 2.15. The summed E-state index contributed by atoms with van der Waals surface area (Å²) in [5, 5.41) is 4.44. The molecule has 3 rings (SSSR count). The highest BCUT2D eigenvalue weighted by Gasteiger charge is 2.06. The van der Waals surface area contributed by atoms with Crippen molar-refractivity contribution in [3.05, 3.63) is 53.7 Å². The third kappa shape index (κ3) is 2.50. The summed E-state index contributed by atoms with van der Waals surface area (Å²) in [4.78, 5) is 8.87. The summed E-state index contributed by atoms with van der Waals surface area (Å²) in [6, 6.07) is 10.2. The van der Waals surface area contributed by atoms with Gasteiger partial charge in [-0.05, 0) is 24.6 Å². The van der Waals surface area contributed by atoms with Gasteiger partial charge in [0, 0.05) is 11.8 Å². The van der Waals surface area contributed by atoms with Crippen molar-refractivity contribution in [3.63, 3.8) is 0 Å². The first-order valence-electron chi connectivity index (χ1n) is 6.80. The van der Waals surface area contributed by atoms with Gasteiger partial charge in [0.05, 0.1) is 18.3 Å². The van der Waals surface area contributed by atoms with Gasteiger partial charge in [0.2, 0.25) is 5.89 Å². The van der Waals surface area contributed by atoms with Crippen LogP contribution in [-0.4, -0.2) is 9.97 Å². The van der Waals surface area contributed by atoms with Crippen LogP contribution >= 0.6 is 0 Å². The van der Waals surface area contributed by atoms with Gasteiger partial charge in [-0.15, -0.1) is 0 Å². The topological polar surface area (TPSA) is 51.0 Å². The Balaban J connectivity index is 1.81. The zero-order chi connectivity index (χ0) is 13.9. The number of anilines is 1. The van der Waals surface area contributed by atoms with Gasteiger partial charge in [-0.3, -0.25) is 0 Å². The number of hydrogen-bond acceptors (Lipinski definition) is 4. The molecule has 0 aliphatic rings. The molecule has 4 nitrogen and oxygen atoms in total. The number of hydrogen-bond donors (Lipinski definition) is 1. The van der Waals surface area contributed by atoms with Crippen molar-refractivity contribution in [3.8, 4) is 0 Å². The zero-order valence-electron chi connectivity index (χ0n) is 11.7. The molecule has 20 heavy (non-hydrogen) atoms. The normalized spacial score (nSPS) is 10.9. The van der Waals surface area contributed by atoms with Gasteiger partial charge in [-0.1, -0.05) is 25.1 Å². The molecule has 2 heterocycles. The van der Waals surface area contributed by atoms with E-state index in [-0.39, 0.29) is 0 Å². The highest BCUT2D eigenvalue weighted by Crippen LogP contribution is 2.20. The maximum absolute atomic E-state index is 5.58. The Morgan fingerprint density at radius 1 is 1.25 bits per heavy atom. The van der Waals surface area contributed by atoms with Crippen LogP contribution in [0.15, 0.2) is 40.9 Å². The molecule has 3 aromatic rings. The maximum atomic E-state index is 5.58. The minimum atomic E-state index is 0.548. The molecule has 0 atom stereocenters. The minimum absolute atomic E-state index is 0.548. The Hall–Kier alpha value is -2.36. The van der Waals surface area contributed by atoms with Crippen molar-refractivity contribution in [2.24, 2.45) is 0 Å². The number of oxazole rings is 1. The molecular formula is C16H17N3O. The molecular weight excluding hydrogens is 250 g/mol. The molecule has 0 saturated heterocycles. The lowest BCUT2D eigenvalue weighted by Crippen LogP contribution is -2.03. The molecule has 2 aromatic heterocycles. The summed E-state index contributed by atoms with van der Waals surface area (Å²) in [6.45, 7) is 4.65. The number of rotatable bonds is 4. The third-order valence-electron chi connectivity index (χ3n) is 3.27. The van der Waals surface area contributed by atoms with Gasteiger partial charge in [0.25, 0.3) is 0 Å². The van der Waals surface area contributed by atoms with Gasteiger partial charge < -0.3 is 9.73 Å². The van der Waals surface area contributed by atoms with Crippen LogP contribution in [0.4, 0.5) is 5.82 Å². The molecule has 0 bridgehead atoms. The molecule has 1 aromatic carbocycles. The van der Waals surface area contributed by atoms with Gasteiger partial charge in [0.1, 0.15) is 11.6 Å². The van der Waals surface area contributed by atoms with E-state index in [0.717, 1.165) is 34.5 Å². The van der Waals surface area contributed by atoms with Crippen molar-refractivity contribution < 1.29 is 4.42 Å². The Kier molecular flexibility index (Phi) is 3.37. The van der Waals surface area contributed by atoms with E-state index >= 15 is 0 Å². The highest BCUT2D eigenvalue weighted by atomic mass is 16.4. The first-order valence-corrected chi connectivity index (χ1v) is 6.80. The molecule has 0 saturated carbocycles. The number of benzene rings is 1. The fraction of sp³-hybridized carbons (Fsp3) is 0.250. The van der Waals surface area contributed by atoms with Crippen LogP contribution in [-0.2, 0) is 13.0 Å². The van der Waals surface area contributed by atoms with Gasteiger partial charge in [-0.2, -0.15) is 0 Å². The number of fused-ring (bicyclic) bond motifs is 1. The molecule has 1 N–H and O–H groups in total. The van der Waals surface area contributed by atoms with E-state index in [1.165, 1.54) is 0 Å². The van der Waals surface area contributed by atoms with Crippen molar-refractivity contribution >= 4 is 16.7 Å². The van der Waals surface area contributed by atoms with E-state index in [1.54, 1.807) is 6.20 Å². The molecule has 0 aliphatic heterocycles. The number of nitrogens with zero attached hydrogens (tertiary/aromatic N) is 2. The van der Waals surface area contributed by atoms with Crippen LogP contribution in [0.5, 0.6) is 0 Å². The summed E-state index contributed by atoms with van der Waals surface area (Å²) >= 11 is 0. The average molecular weight is 267 g/mol. The average Bonchev–Trinajstić information content (AvgIpc) is 2.93. The van der Waals surface area contributed by atoms with E-state index < -0.39 is 0 Å². The minimum Gasteiger partial charge on any atom is -0.444 e. The predicted molar refractivity (Wildman–Crippen MR) is 79.7 cm³/mol. The second kappa shape index (κ2) is 5.33. The monoisotopic (exact) mass is 267 g/mol. The highest BCUT2D eigenvalue weighted by molar-refractivity contribution is 5.81. The summed E-state index contributed by atoms with van der Waals surface area (Å²) in [5.74, 6) is 2.47. The van der Waals surface area contributed by atoms with Gasteiger partial charge >= 0.3 is 0 Å². The lowest BCUT2D eigenvalue weighted by atomic mass is 10.1. The summed E-state index contributed by atoms with van der Waals surface area (Å²) in [5.41, 5.74) is 2.10. The summed E-state index contributed by atoms with van der Waals surface area (Å²) in [7, 11) is 0. The van der Waals surface area contributed by atoms with Gasteiger partial charge in [-0.25, -0.2) is 9.97 Å². The zero-order valence-corrected chi connectivity index (χ0v) is 11.7. The lowest BCUT2D eigenvalue weighted by molar-refractivity contribution is 0.465. The number of nitrogens with one attached hydrogen (secondary N) is 1. The Bertz CT molecular complexity index is 733. The number of aromatic nitrogens is 2. The molecule has 0 spiro atoms. The van der Waals surface area contributed by atoms with E-state index in [9.17, 15) is 0 Å². The maximum Gasteiger partial charge on any atom is 0.213 e. The third-order valence-corrected chi connectivity index (χ3v) is 3.27. The molecule has 0 amide bonds. The predicted octanol–water partition coefficient (Wildman–Crippen LogP) is 3.71. The van der Waals surface area contributed by atoms with E-state index in [2.05, 4.69) is 34.3 Å². The number of pyridine rings is 1. The van der Waals surface area contributed by atoms with E-state index in [1.807, 2.05) is 25.1 Å². The molecule has 0 aliphatic carbocycles. The largest absolute Gasteiger partial charge is 0.444 e. The van der Waals surface area contributed by atoms with Crippen LogP contribution in [0.1, 0.15) is 24.1 Å². The second-order valence-electron chi connectivity index (χ2n) is 4.77. The summed E-state index contributed by atoms with van der Waals surface area (Å²) in [6.07, 6.45) is 2.64. The van der Waals surface area contributed by atoms with Gasteiger partial charge in [0.15, 0.2) is 0 Å². The van der Waals surface area contributed by atoms with E-state index in [0.29, 0.717) is 12.4 Å². The molecule has 4 heteroatoms. The first kappa shape index (κ1) is 12.7. The van der Waals surface area contributed by atoms with Crippen LogP contribution < -0.4 is 5.32 Å². The molecule has 0 unspecified atom stereocenters. The van der Waals surface area contributed by atoms with Crippen LogP contribution in [0.2, 0.25) is 0 Å². The van der Waals surface area contributed by atoms with Crippen molar-refractivity contribution in [1.29, 1.82) is 0 Å². The van der Waals surface area contributed by atoms with Crippen LogP contribution in [0, 0.1) is 6.92 Å². The fourth-order valence-electron chi connectivity index (χ4n) is 2.15. The van der Waals surface area contributed by atoms with E-state index in [4.69, 9.17) is 4.42 Å². The summed E-state index contributed by atoms with van der Waals surface area (Å²) < 4.78 is 5.58. The SMILES string of the molecule is CCc1cnc(CNc2nc3ccccc3cc2C)o1. The molecule has 0 fully saturated rings. The van der Waals surface area contributed by atoms with Crippen molar-refractivity contribution in [2.75, 3.05) is 5.32 Å². The van der Waals surface area contributed by atoms with Crippen molar-refractivity contribution in [1.82, 2.24) is 9.97 Å². The smallest absolute Gasteiger partial charge is 0.213 e. The standard InChI is InChI=1S/C16H17N3O/c1-3-13-9-17-15(20-13)10-18-16-11(2)8-12-6-4-5-7-14(12)19-16/h4-9H,3,10H2,1-2H3,(H,18,19). The molecule has 102 valence electrons. The van der Waals surface area contributed by atoms with Crippen LogP contribution in [0.3, 0.4) is 0 Å². The number of aryl methyl sites for hydroxylation is 2. The lowest BCUT2D eigenvalue weighted by Gasteiger charge is -2.08. The quantitative estimate of drug-likeness (QED) is 0.783. The molecule has 0 radical (unpaired) electrons.